The van der Waals surface area contributed by atoms with E-state index in [9.17, 15) is 23.1 Å². The number of nitrogens with one attached hydrogen (secondary N) is 1. The predicted octanol–water partition coefficient (Wildman–Crippen LogP) is 4.98. The number of anilines is 1. The average molecular weight is 564 g/mol. The number of aliphatic carboxylic acids is 1. The van der Waals surface area contributed by atoms with Crippen molar-refractivity contribution in [1.29, 1.82) is 0 Å². The van der Waals surface area contributed by atoms with E-state index in [0.29, 0.717) is 16.9 Å². The first-order valence-corrected chi connectivity index (χ1v) is 13.9. The van der Waals surface area contributed by atoms with Crippen molar-refractivity contribution in [2.75, 3.05) is 10.6 Å². The minimum Gasteiger partial charge on any atom is -0.480 e. The molecule has 0 aromatic heterocycles. The molecular weight excluding hydrogens is 545 g/mol. The molecule has 0 fully saturated rings. The van der Waals surface area contributed by atoms with E-state index in [4.69, 9.17) is 23.2 Å². The van der Waals surface area contributed by atoms with Crippen LogP contribution in [0.1, 0.15) is 15.9 Å². The number of benzene rings is 3. The van der Waals surface area contributed by atoms with Gasteiger partial charge in [0.05, 0.1) is 27.0 Å². The standard InChI is InChI=1S/C24H19Cl2N3O5S2/c1-35-24-28-18-7-2-3-8-20(18)36(33,34)29(24)15-11-9-14(10-12-15)13-19(23(31)32)27-22(30)21-16(25)5-4-6-17(21)26/h2-12,19H,13H2,1H3,(H,27,30)(H,31,32). The molecule has 1 atom stereocenters. The van der Waals surface area contributed by atoms with Gasteiger partial charge in [0.15, 0.2) is 5.17 Å². The number of para-hydroxylation sites is 1. The summed E-state index contributed by atoms with van der Waals surface area (Å²) < 4.78 is 27.8. The summed E-state index contributed by atoms with van der Waals surface area (Å²) in [6, 6.07) is 16.1. The molecule has 186 valence electrons. The third-order valence-corrected chi connectivity index (χ3v) is 8.51. The van der Waals surface area contributed by atoms with Gasteiger partial charge in [0.1, 0.15) is 10.9 Å². The van der Waals surface area contributed by atoms with Crippen LogP contribution in [-0.2, 0) is 21.2 Å². The summed E-state index contributed by atoms with van der Waals surface area (Å²) in [5, 5.41) is 12.6. The molecule has 2 N–H and O–H groups in total. The first kappa shape index (κ1) is 26.0. The number of fused-ring (bicyclic) bond motifs is 1. The van der Waals surface area contributed by atoms with Crippen molar-refractivity contribution in [3.8, 4) is 0 Å². The normalized spacial score (nSPS) is 15.0. The molecule has 0 aliphatic carbocycles. The first-order chi connectivity index (χ1) is 17.1. The van der Waals surface area contributed by atoms with Crippen molar-refractivity contribution in [3.05, 3.63) is 87.9 Å². The van der Waals surface area contributed by atoms with Gasteiger partial charge in [0, 0.05) is 6.42 Å². The van der Waals surface area contributed by atoms with Crippen LogP contribution in [0.5, 0.6) is 0 Å². The quantitative estimate of drug-likeness (QED) is 0.437. The number of nitrogens with zero attached hydrogens (tertiary/aromatic N) is 2. The first-order valence-electron chi connectivity index (χ1n) is 10.5. The molecule has 1 aliphatic rings. The average Bonchev–Trinajstić information content (AvgIpc) is 2.83. The fraction of sp³-hybridized carbons (Fsp3) is 0.125. The Hall–Kier alpha value is -3.05. The van der Waals surface area contributed by atoms with Crippen LogP contribution >= 0.6 is 35.0 Å². The molecule has 1 heterocycles. The van der Waals surface area contributed by atoms with Crippen molar-refractivity contribution >= 4 is 73.4 Å². The molecule has 3 aromatic carbocycles. The van der Waals surface area contributed by atoms with Gasteiger partial charge in [-0.05, 0) is 48.2 Å². The van der Waals surface area contributed by atoms with Gasteiger partial charge in [0.25, 0.3) is 15.9 Å². The lowest BCUT2D eigenvalue weighted by Gasteiger charge is -2.28. The summed E-state index contributed by atoms with van der Waals surface area (Å²) in [5.41, 5.74) is 1.27. The number of aliphatic imine (C=N–C) groups is 1. The van der Waals surface area contributed by atoms with Crippen LogP contribution in [0.3, 0.4) is 0 Å². The Labute approximate surface area is 222 Å². The summed E-state index contributed by atoms with van der Waals surface area (Å²) in [5.74, 6) is -1.96. The molecule has 1 unspecified atom stereocenters. The highest BCUT2D eigenvalue weighted by Gasteiger charge is 2.35. The van der Waals surface area contributed by atoms with Gasteiger partial charge >= 0.3 is 5.97 Å². The zero-order valence-corrected chi connectivity index (χ0v) is 21.8. The molecule has 4 rings (SSSR count). The second kappa shape index (κ2) is 10.5. The molecule has 1 amide bonds. The van der Waals surface area contributed by atoms with Crippen molar-refractivity contribution in [2.45, 2.75) is 17.4 Å². The molecule has 12 heteroatoms. The molecule has 0 radical (unpaired) electrons. The van der Waals surface area contributed by atoms with E-state index >= 15 is 0 Å². The number of carboxylic acid groups (broad SMARTS) is 1. The molecule has 1 aliphatic heterocycles. The highest BCUT2D eigenvalue weighted by atomic mass is 35.5. The predicted molar refractivity (Wildman–Crippen MR) is 142 cm³/mol. The van der Waals surface area contributed by atoms with Gasteiger partial charge in [-0.3, -0.25) is 4.79 Å². The van der Waals surface area contributed by atoms with Gasteiger partial charge in [-0.25, -0.2) is 22.5 Å². The fourth-order valence-electron chi connectivity index (χ4n) is 3.64. The maximum absolute atomic E-state index is 13.3. The van der Waals surface area contributed by atoms with E-state index in [2.05, 4.69) is 10.3 Å². The molecular formula is C24H19Cl2N3O5S2. The number of carbonyl (C=O) groups excluding carboxylic acids is 1. The minimum atomic E-state index is -3.90. The summed E-state index contributed by atoms with van der Waals surface area (Å²) in [7, 11) is -3.90. The summed E-state index contributed by atoms with van der Waals surface area (Å²) in [6.07, 6.45) is 1.68. The lowest BCUT2D eigenvalue weighted by atomic mass is 10.0. The number of sulfonamides is 1. The Morgan fingerprint density at radius 2 is 1.67 bits per heavy atom. The third-order valence-electron chi connectivity index (χ3n) is 5.36. The van der Waals surface area contributed by atoms with E-state index in [-0.39, 0.29) is 32.1 Å². The molecule has 8 nitrogen and oxygen atoms in total. The third kappa shape index (κ3) is 5.08. The smallest absolute Gasteiger partial charge is 0.326 e. The number of thioether (sulfide) groups is 1. The van der Waals surface area contributed by atoms with Gasteiger partial charge in [-0.1, -0.05) is 65.3 Å². The number of hydrogen-bond donors (Lipinski definition) is 2. The summed E-state index contributed by atoms with van der Waals surface area (Å²) in [4.78, 5) is 29.1. The van der Waals surface area contributed by atoms with Crippen molar-refractivity contribution in [2.24, 2.45) is 4.99 Å². The maximum Gasteiger partial charge on any atom is 0.326 e. The summed E-state index contributed by atoms with van der Waals surface area (Å²) in [6.45, 7) is 0. The number of carbonyl (C=O) groups is 2. The second-order valence-corrected chi connectivity index (χ2v) is 11.0. The number of carboxylic acids is 1. The Bertz CT molecular complexity index is 1460. The lowest BCUT2D eigenvalue weighted by molar-refractivity contribution is -0.139. The van der Waals surface area contributed by atoms with E-state index in [1.165, 1.54) is 30.0 Å². The monoisotopic (exact) mass is 563 g/mol. The Balaban J connectivity index is 1.57. The summed E-state index contributed by atoms with van der Waals surface area (Å²) >= 11 is 13.3. The molecule has 0 bridgehead atoms. The van der Waals surface area contributed by atoms with Crippen LogP contribution in [0.25, 0.3) is 0 Å². The molecule has 36 heavy (non-hydrogen) atoms. The Kier molecular flexibility index (Phi) is 7.60. The van der Waals surface area contributed by atoms with Gasteiger partial charge in [-0.2, -0.15) is 0 Å². The van der Waals surface area contributed by atoms with Crippen LogP contribution in [0.4, 0.5) is 11.4 Å². The number of hydrogen-bond acceptors (Lipinski definition) is 6. The van der Waals surface area contributed by atoms with Crippen LogP contribution in [0.2, 0.25) is 10.0 Å². The van der Waals surface area contributed by atoms with Gasteiger partial charge in [0.2, 0.25) is 0 Å². The number of rotatable bonds is 6. The molecule has 0 saturated heterocycles. The van der Waals surface area contributed by atoms with Gasteiger partial charge < -0.3 is 10.4 Å². The highest BCUT2D eigenvalue weighted by Crippen LogP contribution is 2.37. The maximum atomic E-state index is 13.3. The van der Waals surface area contributed by atoms with E-state index < -0.39 is 27.9 Å². The highest BCUT2D eigenvalue weighted by molar-refractivity contribution is 8.15. The van der Waals surface area contributed by atoms with Crippen molar-refractivity contribution in [1.82, 2.24) is 5.32 Å². The lowest BCUT2D eigenvalue weighted by Crippen LogP contribution is -2.42. The number of amides is 1. The van der Waals surface area contributed by atoms with Crippen LogP contribution < -0.4 is 9.62 Å². The number of halogens is 2. The molecule has 0 spiro atoms. The largest absolute Gasteiger partial charge is 0.480 e. The van der Waals surface area contributed by atoms with Crippen LogP contribution in [0, 0.1) is 0 Å². The molecule has 0 saturated carbocycles. The van der Waals surface area contributed by atoms with Crippen molar-refractivity contribution < 1.29 is 23.1 Å². The van der Waals surface area contributed by atoms with E-state index in [1.807, 2.05) is 0 Å². The number of amidine groups is 1. The Morgan fingerprint density at radius 3 is 2.28 bits per heavy atom. The SMILES string of the molecule is CSC1=Nc2ccccc2S(=O)(=O)N1c1ccc(CC(NC(=O)c2c(Cl)cccc2Cl)C(=O)O)cc1. The van der Waals surface area contributed by atoms with Crippen LogP contribution in [0.15, 0.2) is 76.6 Å². The minimum absolute atomic E-state index is 0.0121. The van der Waals surface area contributed by atoms with E-state index in [1.54, 1.807) is 54.8 Å². The zero-order valence-electron chi connectivity index (χ0n) is 18.7. The van der Waals surface area contributed by atoms with E-state index in [0.717, 1.165) is 4.31 Å². The Morgan fingerprint density at radius 1 is 1.03 bits per heavy atom. The van der Waals surface area contributed by atoms with Crippen molar-refractivity contribution in [3.63, 3.8) is 0 Å². The molecule has 3 aromatic rings. The fourth-order valence-corrected chi connectivity index (χ4v) is 6.66. The second-order valence-electron chi connectivity index (χ2n) is 7.67. The zero-order chi connectivity index (χ0) is 26.0. The van der Waals surface area contributed by atoms with Gasteiger partial charge in [-0.15, -0.1) is 0 Å². The topological polar surface area (TPSA) is 116 Å². The van der Waals surface area contributed by atoms with Crippen LogP contribution in [-0.4, -0.2) is 42.9 Å².